The van der Waals surface area contributed by atoms with Crippen LogP contribution < -0.4 is 15.4 Å². The number of anilines is 1. The van der Waals surface area contributed by atoms with Crippen molar-refractivity contribution in [2.75, 3.05) is 18.4 Å². The minimum Gasteiger partial charge on any atom is -0.490 e. The second-order valence-electron chi connectivity index (χ2n) is 8.51. The summed E-state index contributed by atoms with van der Waals surface area (Å²) in [4.78, 5) is 26.9. The molecule has 0 unspecified atom stereocenters. The fourth-order valence-corrected chi connectivity index (χ4v) is 3.94. The van der Waals surface area contributed by atoms with E-state index in [4.69, 9.17) is 4.74 Å². The number of carbonyl (C=O) groups excluding carboxylic acids is 2. The zero-order valence-electron chi connectivity index (χ0n) is 19.4. The summed E-state index contributed by atoms with van der Waals surface area (Å²) < 4.78 is 44.5. The molecule has 0 spiro atoms. The number of carbonyl (C=O) groups is 2. The van der Waals surface area contributed by atoms with E-state index in [2.05, 4.69) is 10.6 Å². The number of hydrogen-bond acceptors (Lipinski definition) is 3. The van der Waals surface area contributed by atoms with Crippen LogP contribution in [0.25, 0.3) is 0 Å². The highest BCUT2D eigenvalue weighted by Crippen LogP contribution is 2.32. The quantitative estimate of drug-likeness (QED) is 0.458. The molecule has 0 atom stereocenters. The van der Waals surface area contributed by atoms with Crippen LogP contribution in [-0.4, -0.2) is 36.0 Å². The number of hydrogen-bond donors (Lipinski definition) is 2. The Morgan fingerprint density at radius 3 is 2.36 bits per heavy atom. The van der Waals surface area contributed by atoms with Crippen LogP contribution in [0.15, 0.2) is 78.9 Å². The molecule has 0 aromatic heterocycles. The third-order valence-electron chi connectivity index (χ3n) is 5.87. The van der Waals surface area contributed by atoms with Crippen molar-refractivity contribution in [3.05, 3.63) is 95.6 Å². The lowest BCUT2D eigenvalue weighted by molar-refractivity contribution is -0.137. The van der Waals surface area contributed by atoms with E-state index in [0.717, 1.165) is 17.7 Å². The number of likely N-dealkylation sites (tertiary alicyclic amines) is 1. The molecule has 3 amide bonds. The molecule has 3 aromatic rings. The van der Waals surface area contributed by atoms with E-state index < -0.39 is 11.7 Å². The highest BCUT2D eigenvalue weighted by molar-refractivity contribution is 5.96. The number of amides is 3. The molecule has 9 heteroatoms. The van der Waals surface area contributed by atoms with Crippen LogP contribution in [0, 0.1) is 0 Å². The van der Waals surface area contributed by atoms with Gasteiger partial charge in [0.15, 0.2) is 0 Å². The smallest absolute Gasteiger partial charge is 0.416 e. The van der Waals surface area contributed by atoms with Gasteiger partial charge in [0.25, 0.3) is 5.91 Å². The van der Waals surface area contributed by atoms with Gasteiger partial charge in [-0.3, -0.25) is 4.79 Å². The summed E-state index contributed by atoms with van der Waals surface area (Å²) in [5.74, 6) is -0.0856. The van der Waals surface area contributed by atoms with Crippen LogP contribution in [-0.2, 0) is 12.7 Å². The molecule has 6 nitrogen and oxygen atoms in total. The maximum atomic E-state index is 12.9. The number of ether oxygens (including phenoxy) is 1. The second-order valence-corrected chi connectivity index (χ2v) is 8.51. The molecule has 1 aliphatic rings. The van der Waals surface area contributed by atoms with Crippen LogP contribution in [0.4, 0.5) is 23.7 Å². The van der Waals surface area contributed by atoms with Crippen molar-refractivity contribution in [3.63, 3.8) is 0 Å². The number of nitrogens with one attached hydrogen (secondary N) is 2. The van der Waals surface area contributed by atoms with Gasteiger partial charge >= 0.3 is 12.2 Å². The second kappa shape index (κ2) is 11.2. The highest BCUT2D eigenvalue weighted by Gasteiger charge is 2.31. The molecule has 3 aromatic carbocycles. The fraction of sp³-hybridized carbons (Fsp3) is 0.259. The summed E-state index contributed by atoms with van der Waals surface area (Å²) in [6.07, 6.45) is -3.73. The highest BCUT2D eigenvalue weighted by atomic mass is 19.4. The van der Waals surface area contributed by atoms with Crippen molar-refractivity contribution in [2.24, 2.45) is 0 Å². The third kappa shape index (κ3) is 6.78. The van der Waals surface area contributed by atoms with E-state index in [9.17, 15) is 22.8 Å². The number of halogens is 3. The van der Waals surface area contributed by atoms with E-state index in [-0.39, 0.29) is 23.8 Å². The molecule has 1 aliphatic heterocycles. The van der Waals surface area contributed by atoms with E-state index in [1.165, 1.54) is 12.1 Å². The Morgan fingerprint density at radius 2 is 1.64 bits per heavy atom. The molecule has 0 bridgehead atoms. The third-order valence-corrected chi connectivity index (χ3v) is 5.87. The lowest BCUT2D eigenvalue weighted by Gasteiger charge is -2.32. The summed E-state index contributed by atoms with van der Waals surface area (Å²) in [5.41, 5.74) is 1.15. The summed E-state index contributed by atoms with van der Waals surface area (Å²) in [6, 6.07) is 20.7. The van der Waals surface area contributed by atoms with Crippen LogP contribution in [0.1, 0.15) is 34.3 Å². The normalized spacial score (nSPS) is 14.2. The number of alkyl halides is 3. The van der Waals surface area contributed by atoms with Crippen molar-refractivity contribution in [1.82, 2.24) is 10.2 Å². The Balaban J connectivity index is 1.27. The van der Waals surface area contributed by atoms with Crippen LogP contribution in [0.3, 0.4) is 0 Å². The Kier molecular flexibility index (Phi) is 7.77. The predicted octanol–water partition coefficient (Wildman–Crippen LogP) is 5.71. The Morgan fingerprint density at radius 1 is 0.917 bits per heavy atom. The van der Waals surface area contributed by atoms with Crippen molar-refractivity contribution in [3.8, 4) is 5.75 Å². The van der Waals surface area contributed by atoms with Gasteiger partial charge in [-0.1, -0.05) is 42.5 Å². The standard InChI is InChI=1S/C27H26F3N3O3/c28-27(29,30)21-9-5-11-24(17-21)36-23-12-14-33(15-13-23)26(35)32-22-10-4-8-20(16-22)25(34)31-18-19-6-2-1-3-7-19/h1-11,16-17,23H,12-15,18H2,(H,31,34)(H,32,35). The number of rotatable bonds is 6. The van der Waals surface area contributed by atoms with Gasteiger partial charge < -0.3 is 20.3 Å². The first kappa shape index (κ1) is 25.1. The number of benzene rings is 3. The first-order chi connectivity index (χ1) is 17.3. The molecule has 1 saturated heterocycles. The first-order valence-corrected chi connectivity index (χ1v) is 11.6. The van der Waals surface area contributed by atoms with Crippen LogP contribution >= 0.6 is 0 Å². The molecule has 4 rings (SSSR count). The molecule has 0 aliphatic carbocycles. The molecule has 1 heterocycles. The Labute approximate surface area is 207 Å². The van der Waals surface area contributed by atoms with Gasteiger partial charge in [0, 0.05) is 43.7 Å². The Bertz CT molecular complexity index is 1190. The fourth-order valence-electron chi connectivity index (χ4n) is 3.94. The largest absolute Gasteiger partial charge is 0.490 e. The zero-order valence-corrected chi connectivity index (χ0v) is 19.4. The molecule has 1 fully saturated rings. The molecule has 36 heavy (non-hydrogen) atoms. The summed E-state index contributed by atoms with van der Waals surface area (Å²) >= 11 is 0. The molecule has 0 radical (unpaired) electrons. The van der Waals surface area contributed by atoms with Crippen molar-refractivity contribution < 1.29 is 27.5 Å². The molecule has 188 valence electrons. The van der Waals surface area contributed by atoms with Crippen molar-refractivity contribution >= 4 is 17.6 Å². The van der Waals surface area contributed by atoms with E-state index in [1.54, 1.807) is 29.2 Å². The first-order valence-electron chi connectivity index (χ1n) is 11.6. The molecule has 0 saturated carbocycles. The Hall–Kier alpha value is -4.01. The lowest BCUT2D eigenvalue weighted by atomic mass is 10.1. The van der Waals surface area contributed by atoms with Gasteiger partial charge in [-0.2, -0.15) is 13.2 Å². The minimum absolute atomic E-state index is 0.162. The topological polar surface area (TPSA) is 70.7 Å². The van der Waals surface area contributed by atoms with Crippen molar-refractivity contribution in [1.29, 1.82) is 0 Å². The SMILES string of the molecule is O=C(NCc1ccccc1)c1cccc(NC(=O)N2CCC(Oc3cccc(C(F)(F)F)c3)CC2)c1. The average Bonchev–Trinajstić information content (AvgIpc) is 2.88. The van der Waals surface area contributed by atoms with Gasteiger partial charge in [-0.05, 0) is 42.0 Å². The minimum atomic E-state index is -4.43. The van der Waals surface area contributed by atoms with Gasteiger partial charge in [0.1, 0.15) is 11.9 Å². The number of nitrogens with zero attached hydrogens (tertiary/aromatic N) is 1. The molecular formula is C27H26F3N3O3. The molecular weight excluding hydrogens is 471 g/mol. The van der Waals surface area contributed by atoms with E-state index in [1.807, 2.05) is 30.3 Å². The van der Waals surface area contributed by atoms with Crippen LogP contribution in [0.2, 0.25) is 0 Å². The van der Waals surface area contributed by atoms with E-state index in [0.29, 0.717) is 43.7 Å². The maximum Gasteiger partial charge on any atom is 0.416 e. The summed E-state index contributed by atoms with van der Waals surface area (Å²) in [5, 5.41) is 5.67. The summed E-state index contributed by atoms with van der Waals surface area (Å²) in [7, 11) is 0. The predicted molar refractivity (Wildman–Crippen MR) is 130 cm³/mol. The molecule has 2 N–H and O–H groups in total. The van der Waals surface area contributed by atoms with Gasteiger partial charge in [-0.25, -0.2) is 4.79 Å². The van der Waals surface area contributed by atoms with E-state index >= 15 is 0 Å². The van der Waals surface area contributed by atoms with Crippen LogP contribution in [0.5, 0.6) is 5.75 Å². The van der Waals surface area contributed by atoms with Gasteiger partial charge in [-0.15, -0.1) is 0 Å². The van der Waals surface area contributed by atoms with Crippen molar-refractivity contribution in [2.45, 2.75) is 31.7 Å². The number of piperidine rings is 1. The average molecular weight is 498 g/mol. The summed E-state index contributed by atoms with van der Waals surface area (Å²) in [6.45, 7) is 1.19. The maximum absolute atomic E-state index is 12.9. The zero-order chi connectivity index (χ0) is 25.5. The monoisotopic (exact) mass is 497 g/mol. The lowest BCUT2D eigenvalue weighted by Crippen LogP contribution is -2.43. The van der Waals surface area contributed by atoms with Gasteiger partial charge in [0.2, 0.25) is 0 Å². The number of urea groups is 1. The van der Waals surface area contributed by atoms with Gasteiger partial charge in [0.05, 0.1) is 5.56 Å².